The number of nitrogens with one attached hydrogen (secondary N) is 1. The standard InChI is InChI=1S/C12H10F2N2/c13-10-5-4-9(11(14)7-10)8-16-12-3-1-2-6-15-12/h1-7H,8H2,(H,15,16). The number of aromatic nitrogens is 1. The molecule has 82 valence electrons. The fourth-order valence-electron chi connectivity index (χ4n) is 1.32. The van der Waals surface area contributed by atoms with E-state index in [-0.39, 0.29) is 6.54 Å². The fourth-order valence-corrected chi connectivity index (χ4v) is 1.32. The zero-order chi connectivity index (χ0) is 11.4. The average molecular weight is 220 g/mol. The molecule has 0 aliphatic carbocycles. The molecule has 0 saturated carbocycles. The Balaban J connectivity index is 2.05. The Hall–Kier alpha value is -1.97. The first-order chi connectivity index (χ1) is 7.75. The van der Waals surface area contributed by atoms with Crippen LogP contribution < -0.4 is 5.32 Å². The predicted molar refractivity (Wildman–Crippen MR) is 57.9 cm³/mol. The van der Waals surface area contributed by atoms with Crippen molar-refractivity contribution >= 4 is 5.82 Å². The summed E-state index contributed by atoms with van der Waals surface area (Å²) in [6, 6.07) is 8.93. The number of benzene rings is 1. The van der Waals surface area contributed by atoms with Gasteiger partial charge in [0.25, 0.3) is 0 Å². The second-order valence-corrected chi connectivity index (χ2v) is 3.30. The molecular weight excluding hydrogens is 210 g/mol. The van der Waals surface area contributed by atoms with Crippen LogP contribution in [0, 0.1) is 11.6 Å². The first-order valence-electron chi connectivity index (χ1n) is 4.84. The van der Waals surface area contributed by atoms with E-state index in [1.165, 1.54) is 12.1 Å². The van der Waals surface area contributed by atoms with Gasteiger partial charge in [0.2, 0.25) is 0 Å². The Morgan fingerprint density at radius 2 is 2.00 bits per heavy atom. The molecule has 0 amide bonds. The van der Waals surface area contributed by atoms with Crippen LogP contribution in [0.5, 0.6) is 0 Å². The van der Waals surface area contributed by atoms with E-state index in [0.29, 0.717) is 11.4 Å². The van der Waals surface area contributed by atoms with Gasteiger partial charge in [0.15, 0.2) is 0 Å². The molecule has 4 heteroatoms. The Morgan fingerprint density at radius 1 is 1.12 bits per heavy atom. The largest absolute Gasteiger partial charge is 0.366 e. The molecule has 2 nitrogen and oxygen atoms in total. The van der Waals surface area contributed by atoms with E-state index >= 15 is 0 Å². The molecule has 0 unspecified atom stereocenters. The van der Waals surface area contributed by atoms with Crippen LogP contribution in [0.1, 0.15) is 5.56 Å². The number of pyridine rings is 1. The maximum Gasteiger partial charge on any atom is 0.131 e. The number of nitrogens with zero attached hydrogens (tertiary/aromatic N) is 1. The van der Waals surface area contributed by atoms with Crippen LogP contribution in [0.3, 0.4) is 0 Å². The van der Waals surface area contributed by atoms with Crippen molar-refractivity contribution in [3.63, 3.8) is 0 Å². The third-order valence-electron chi connectivity index (χ3n) is 2.14. The SMILES string of the molecule is Fc1ccc(CNc2ccccn2)c(F)c1. The number of hydrogen-bond donors (Lipinski definition) is 1. The summed E-state index contributed by atoms with van der Waals surface area (Å²) in [7, 11) is 0. The normalized spacial score (nSPS) is 10.1. The van der Waals surface area contributed by atoms with Crippen molar-refractivity contribution < 1.29 is 8.78 Å². The van der Waals surface area contributed by atoms with Gasteiger partial charge in [-0.05, 0) is 18.2 Å². The lowest BCUT2D eigenvalue weighted by molar-refractivity contribution is 0.574. The van der Waals surface area contributed by atoms with Gasteiger partial charge in [-0.25, -0.2) is 13.8 Å². The summed E-state index contributed by atoms with van der Waals surface area (Å²) in [6.45, 7) is 0.281. The van der Waals surface area contributed by atoms with E-state index in [0.717, 1.165) is 6.07 Å². The lowest BCUT2D eigenvalue weighted by Crippen LogP contribution is -2.03. The Bertz CT molecular complexity index is 472. The van der Waals surface area contributed by atoms with Crippen molar-refractivity contribution in [2.75, 3.05) is 5.32 Å². The monoisotopic (exact) mass is 220 g/mol. The summed E-state index contributed by atoms with van der Waals surface area (Å²) < 4.78 is 25.9. The molecule has 1 N–H and O–H groups in total. The van der Waals surface area contributed by atoms with Crippen LogP contribution in [0.25, 0.3) is 0 Å². The van der Waals surface area contributed by atoms with Crippen LogP contribution in [-0.4, -0.2) is 4.98 Å². The number of halogens is 2. The van der Waals surface area contributed by atoms with Crippen LogP contribution in [-0.2, 0) is 6.54 Å². The van der Waals surface area contributed by atoms with Gasteiger partial charge in [-0.2, -0.15) is 0 Å². The van der Waals surface area contributed by atoms with Crippen LogP contribution in [0.4, 0.5) is 14.6 Å². The third-order valence-corrected chi connectivity index (χ3v) is 2.14. The predicted octanol–water partition coefficient (Wildman–Crippen LogP) is 2.97. The highest BCUT2D eigenvalue weighted by Crippen LogP contribution is 2.11. The van der Waals surface area contributed by atoms with E-state index in [9.17, 15) is 8.78 Å². The first-order valence-corrected chi connectivity index (χ1v) is 4.84. The van der Waals surface area contributed by atoms with Crippen molar-refractivity contribution in [3.05, 3.63) is 59.8 Å². The van der Waals surface area contributed by atoms with Crippen molar-refractivity contribution in [2.45, 2.75) is 6.54 Å². The van der Waals surface area contributed by atoms with Crippen molar-refractivity contribution in [1.29, 1.82) is 0 Å². The highest BCUT2D eigenvalue weighted by atomic mass is 19.1. The Morgan fingerprint density at radius 3 is 2.69 bits per heavy atom. The molecule has 0 aliphatic heterocycles. The molecule has 1 aromatic heterocycles. The minimum atomic E-state index is -0.570. The fraction of sp³-hybridized carbons (Fsp3) is 0.0833. The van der Waals surface area contributed by atoms with E-state index < -0.39 is 11.6 Å². The molecule has 1 heterocycles. The Kier molecular flexibility index (Phi) is 3.10. The molecule has 0 atom stereocenters. The van der Waals surface area contributed by atoms with Gasteiger partial charge >= 0.3 is 0 Å². The van der Waals surface area contributed by atoms with Gasteiger partial charge in [0, 0.05) is 24.4 Å². The molecule has 16 heavy (non-hydrogen) atoms. The van der Waals surface area contributed by atoms with Crippen molar-refractivity contribution in [2.24, 2.45) is 0 Å². The highest BCUT2D eigenvalue weighted by Gasteiger charge is 2.03. The summed E-state index contributed by atoms with van der Waals surface area (Å²) in [4.78, 5) is 4.03. The molecule has 2 rings (SSSR count). The molecule has 0 radical (unpaired) electrons. The quantitative estimate of drug-likeness (QED) is 0.860. The zero-order valence-electron chi connectivity index (χ0n) is 8.45. The molecule has 0 spiro atoms. The maximum atomic E-state index is 13.3. The van der Waals surface area contributed by atoms with Crippen LogP contribution in [0.15, 0.2) is 42.6 Å². The van der Waals surface area contributed by atoms with E-state index in [2.05, 4.69) is 10.3 Å². The van der Waals surface area contributed by atoms with Gasteiger partial charge in [-0.1, -0.05) is 12.1 Å². The van der Waals surface area contributed by atoms with Gasteiger partial charge in [-0.15, -0.1) is 0 Å². The van der Waals surface area contributed by atoms with Crippen molar-refractivity contribution in [1.82, 2.24) is 4.98 Å². The topological polar surface area (TPSA) is 24.9 Å². The maximum absolute atomic E-state index is 13.3. The summed E-state index contributed by atoms with van der Waals surface area (Å²) >= 11 is 0. The minimum Gasteiger partial charge on any atom is -0.366 e. The third kappa shape index (κ3) is 2.53. The lowest BCUT2D eigenvalue weighted by atomic mass is 10.2. The van der Waals surface area contributed by atoms with E-state index in [1.807, 2.05) is 6.07 Å². The highest BCUT2D eigenvalue weighted by molar-refractivity contribution is 5.35. The molecule has 0 fully saturated rings. The van der Waals surface area contributed by atoms with Crippen molar-refractivity contribution in [3.8, 4) is 0 Å². The summed E-state index contributed by atoms with van der Waals surface area (Å²) in [5.74, 6) is -0.464. The van der Waals surface area contributed by atoms with Gasteiger partial charge in [0.05, 0.1) is 0 Å². The summed E-state index contributed by atoms with van der Waals surface area (Å²) in [5.41, 5.74) is 0.409. The van der Waals surface area contributed by atoms with Crippen LogP contribution in [0.2, 0.25) is 0 Å². The molecule has 0 saturated heterocycles. The second kappa shape index (κ2) is 4.70. The summed E-state index contributed by atoms with van der Waals surface area (Å²) in [5, 5.41) is 2.95. The number of anilines is 1. The summed E-state index contributed by atoms with van der Waals surface area (Å²) in [6.07, 6.45) is 1.64. The number of hydrogen-bond acceptors (Lipinski definition) is 2. The number of rotatable bonds is 3. The first kappa shape index (κ1) is 10.5. The lowest BCUT2D eigenvalue weighted by Gasteiger charge is -2.06. The average Bonchev–Trinajstić information content (AvgIpc) is 2.29. The Labute approximate surface area is 92.0 Å². The second-order valence-electron chi connectivity index (χ2n) is 3.30. The van der Waals surface area contributed by atoms with Gasteiger partial charge in [-0.3, -0.25) is 0 Å². The van der Waals surface area contributed by atoms with Gasteiger partial charge < -0.3 is 5.32 Å². The van der Waals surface area contributed by atoms with Crippen LogP contribution >= 0.6 is 0 Å². The molecular formula is C12H10F2N2. The smallest absolute Gasteiger partial charge is 0.131 e. The molecule has 0 bridgehead atoms. The zero-order valence-corrected chi connectivity index (χ0v) is 8.45. The minimum absolute atomic E-state index is 0.281. The van der Waals surface area contributed by atoms with E-state index in [1.54, 1.807) is 18.3 Å². The van der Waals surface area contributed by atoms with E-state index in [4.69, 9.17) is 0 Å². The molecule has 1 aromatic carbocycles. The molecule has 2 aromatic rings. The molecule has 0 aliphatic rings. The van der Waals surface area contributed by atoms with Gasteiger partial charge in [0.1, 0.15) is 17.5 Å².